The molecule has 2 aliphatic rings. The summed E-state index contributed by atoms with van der Waals surface area (Å²) in [6.45, 7) is 2.22. The Kier molecular flexibility index (Phi) is 3.05. The van der Waals surface area contributed by atoms with Crippen LogP contribution in [0.15, 0.2) is 18.2 Å². The normalized spacial score (nSPS) is 28.5. The second-order valence-corrected chi connectivity index (χ2v) is 6.28. The van der Waals surface area contributed by atoms with E-state index in [1.54, 1.807) is 0 Å². The molecule has 0 saturated heterocycles. The number of nitrogens with zero attached hydrogens (tertiary/aromatic N) is 1. The van der Waals surface area contributed by atoms with E-state index < -0.39 is 0 Å². The molecular formula is C14H20N2S. The molecule has 3 heteroatoms. The summed E-state index contributed by atoms with van der Waals surface area (Å²) in [5.74, 6) is 0. The topological polar surface area (TPSA) is 29.3 Å². The molecule has 17 heavy (non-hydrogen) atoms. The molecule has 1 aromatic rings. The maximum absolute atomic E-state index is 5.86. The van der Waals surface area contributed by atoms with E-state index in [0.29, 0.717) is 0 Å². The zero-order valence-corrected chi connectivity index (χ0v) is 11.2. The minimum absolute atomic E-state index is 0.777. The molecule has 1 saturated carbocycles. The van der Waals surface area contributed by atoms with Crippen LogP contribution in [0, 0.1) is 0 Å². The molecule has 0 aromatic heterocycles. The molecule has 0 radical (unpaired) electrons. The van der Waals surface area contributed by atoms with Gasteiger partial charge < -0.3 is 5.73 Å². The summed E-state index contributed by atoms with van der Waals surface area (Å²) in [6.07, 6.45) is 6.41. The van der Waals surface area contributed by atoms with E-state index in [1.807, 2.05) is 17.8 Å². The predicted molar refractivity (Wildman–Crippen MR) is 75.0 cm³/mol. The number of hydrogen-bond acceptors (Lipinski definition) is 3. The Morgan fingerprint density at radius 1 is 1.24 bits per heavy atom. The number of fused-ring (bicyclic) bond motifs is 1. The molecule has 2 unspecified atom stereocenters. The monoisotopic (exact) mass is 248 g/mol. The van der Waals surface area contributed by atoms with E-state index >= 15 is 0 Å². The molecule has 0 amide bonds. The standard InChI is InChI=1S/C14H20N2S/c1-17-14-4-2-3-13(14)16-8-10-5-6-12(15)7-11(10)9-16/h5-7,13-14H,2-4,8-9,15H2,1H3. The van der Waals surface area contributed by atoms with E-state index in [0.717, 1.165) is 30.1 Å². The van der Waals surface area contributed by atoms with Crippen LogP contribution in [0.1, 0.15) is 30.4 Å². The van der Waals surface area contributed by atoms with Crippen molar-refractivity contribution in [2.24, 2.45) is 0 Å². The van der Waals surface area contributed by atoms with Gasteiger partial charge in [0.2, 0.25) is 0 Å². The summed E-state index contributed by atoms with van der Waals surface area (Å²) in [6, 6.07) is 7.16. The fraction of sp³-hybridized carbons (Fsp3) is 0.571. The minimum atomic E-state index is 0.777. The molecule has 2 atom stereocenters. The van der Waals surface area contributed by atoms with Gasteiger partial charge in [-0.25, -0.2) is 0 Å². The fourth-order valence-electron chi connectivity index (χ4n) is 3.27. The lowest BCUT2D eigenvalue weighted by Crippen LogP contribution is -2.35. The lowest BCUT2D eigenvalue weighted by atomic mass is 10.1. The maximum Gasteiger partial charge on any atom is 0.0317 e. The summed E-state index contributed by atoms with van der Waals surface area (Å²) in [5.41, 5.74) is 9.68. The third-order valence-corrected chi connectivity index (χ3v) is 5.32. The predicted octanol–water partition coefficient (Wildman–Crippen LogP) is 2.87. The Balaban J connectivity index is 1.77. The van der Waals surface area contributed by atoms with Crippen molar-refractivity contribution in [3.05, 3.63) is 29.3 Å². The van der Waals surface area contributed by atoms with Crippen LogP contribution in [0.3, 0.4) is 0 Å². The van der Waals surface area contributed by atoms with E-state index in [2.05, 4.69) is 23.3 Å². The van der Waals surface area contributed by atoms with Crippen LogP contribution < -0.4 is 5.73 Å². The van der Waals surface area contributed by atoms with Crippen LogP contribution in [0.25, 0.3) is 0 Å². The molecule has 1 aliphatic carbocycles. The molecule has 1 fully saturated rings. The van der Waals surface area contributed by atoms with Gasteiger partial charge in [0.1, 0.15) is 0 Å². The minimum Gasteiger partial charge on any atom is -0.399 e. The lowest BCUT2D eigenvalue weighted by molar-refractivity contribution is 0.206. The number of thioether (sulfide) groups is 1. The van der Waals surface area contributed by atoms with Crippen LogP contribution in [-0.4, -0.2) is 22.4 Å². The van der Waals surface area contributed by atoms with Gasteiger partial charge in [-0.2, -0.15) is 11.8 Å². The Hall–Kier alpha value is -0.670. The summed E-state index contributed by atoms with van der Waals surface area (Å²) in [4.78, 5) is 2.65. The zero-order valence-electron chi connectivity index (χ0n) is 10.4. The molecule has 2 N–H and O–H groups in total. The van der Waals surface area contributed by atoms with Gasteiger partial charge in [0.25, 0.3) is 0 Å². The molecule has 1 heterocycles. The van der Waals surface area contributed by atoms with Crippen molar-refractivity contribution < 1.29 is 0 Å². The highest BCUT2D eigenvalue weighted by atomic mass is 32.2. The summed E-state index contributed by atoms with van der Waals surface area (Å²) in [7, 11) is 0. The molecule has 92 valence electrons. The Morgan fingerprint density at radius 3 is 2.88 bits per heavy atom. The molecule has 1 aromatic carbocycles. The van der Waals surface area contributed by atoms with E-state index in [-0.39, 0.29) is 0 Å². The number of anilines is 1. The quantitative estimate of drug-likeness (QED) is 0.816. The van der Waals surface area contributed by atoms with Crippen molar-refractivity contribution in [1.29, 1.82) is 0 Å². The first-order valence-electron chi connectivity index (χ1n) is 6.42. The summed E-state index contributed by atoms with van der Waals surface area (Å²) in [5, 5.41) is 0.835. The maximum atomic E-state index is 5.86. The van der Waals surface area contributed by atoms with Crippen LogP contribution in [0.2, 0.25) is 0 Å². The largest absolute Gasteiger partial charge is 0.399 e. The Labute approximate surface area is 108 Å². The highest BCUT2D eigenvalue weighted by molar-refractivity contribution is 7.99. The third kappa shape index (κ3) is 2.06. The molecule has 0 bridgehead atoms. The summed E-state index contributed by atoms with van der Waals surface area (Å²) >= 11 is 2.04. The molecule has 2 nitrogen and oxygen atoms in total. The van der Waals surface area contributed by atoms with Crippen LogP contribution in [-0.2, 0) is 13.1 Å². The van der Waals surface area contributed by atoms with Crippen molar-refractivity contribution in [3.8, 4) is 0 Å². The van der Waals surface area contributed by atoms with Crippen molar-refractivity contribution in [1.82, 2.24) is 4.90 Å². The summed E-state index contributed by atoms with van der Waals surface area (Å²) < 4.78 is 0. The van der Waals surface area contributed by atoms with Crippen molar-refractivity contribution in [2.75, 3.05) is 12.0 Å². The van der Waals surface area contributed by atoms with Gasteiger partial charge in [-0.05, 0) is 42.4 Å². The highest BCUT2D eigenvalue weighted by Gasteiger charge is 2.34. The average Bonchev–Trinajstić information content (AvgIpc) is 2.93. The van der Waals surface area contributed by atoms with E-state index in [4.69, 9.17) is 5.73 Å². The van der Waals surface area contributed by atoms with E-state index in [9.17, 15) is 0 Å². The molecule has 1 aliphatic heterocycles. The number of nitrogens with two attached hydrogens (primary N) is 1. The average molecular weight is 248 g/mol. The van der Waals surface area contributed by atoms with E-state index in [1.165, 1.54) is 30.4 Å². The molecule has 0 spiro atoms. The smallest absolute Gasteiger partial charge is 0.0317 e. The number of benzene rings is 1. The van der Waals surface area contributed by atoms with Crippen LogP contribution in [0.4, 0.5) is 5.69 Å². The third-order valence-electron chi connectivity index (χ3n) is 4.17. The first-order valence-corrected chi connectivity index (χ1v) is 7.71. The second-order valence-electron chi connectivity index (χ2n) is 5.21. The number of hydrogen-bond donors (Lipinski definition) is 1. The van der Waals surface area contributed by atoms with Gasteiger partial charge in [0.15, 0.2) is 0 Å². The van der Waals surface area contributed by atoms with Gasteiger partial charge in [-0.1, -0.05) is 12.5 Å². The number of nitrogen functional groups attached to an aromatic ring is 1. The van der Waals surface area contributed by atoms with Gasteiger partial charge >= 0.3 is 0 Å². The van der Waals surface area contributed by atoms with Crippen molar-refractivity contribution >= 4 is 17.4 Å². The van der Waals surface area contributed by atoms with Crippen LogP contribution in [0.5, 0.6) is 0 Å². The van der Waals surface area contributed by atoms with Gasteiger partial charge in [-0.3, -0.25) is 4.90 Å². The zero-order chi connectivity index (χ0) is 11.8. The van der Waals surface area contributed by atoms with Gasteiger partial charge in [-0.15, -0.1) is 0 Å². The lowest BCUT2D eigenvalue weighted by Gasteiger charge is -2.28. The molecule has 3 rings (SSSR count). The number of rotatable bonds is 2. The Bertz CT molecular complexity index is 419. The Morgan fingerprint density at radius 2 is 2.06 bits per heavy atom. The van der Waals surface area contributed by atoms with Crippen molar-refractivity contribution in [3.63, 3.8) is 0 Å². The highest BCUT2D eigenvalue weighted by Crippen LogP contribution is 2.36. The van der Waals surface area contributed by atoms with Crippen LogP contribution >= 0.6 is 11.8 Å². The van der Waals surface area contributed by atoms with Gasteiger partial charge in [0, 0.05) is 30.1 Å². The fourth-order valence-corrected chi connectivity index (χ4v) is 4.30. The SMILES string of the molecule is CSC1CCCC1N1Cc2ccc(N)cc2C1. The van der Waals surface area contributed by atoms with Gasteiger partial charge in [0.05, 0.1) is 0 Å². The molecular weight excluding hydrogens is 228 g/mol. The first-order chi connectivity index (χ1) is 8.28. The van der Waals surface area contributed by atoms with Crippen molar-refractivity contribution in [2.45, 2.75) is 43.6 Å². The first kappa shape index (κ1) is 11.4. The second kappa shape index (κ2) is 4.54.